The summed E-state index contributed by atoms with van der Waals surface area (Å²) in [7, 11) is 1.50. The van der Waals surface area contributed by atoms with Crippen molar-refractivity contribution in [2.24, 2.45) is 0 Å². The van der Waals surface area contributed by atoms with E-state index in [1.807, 2.05) is 0 Å². The van der Waals surface area contributed by atoms with Gasteiger partial charge in [-0.2, -0.15) is 0 Å². The SMILES string of the molecule is C=CC(=O)Nc1cccnc1C(=O)NC. The fraction of sp³-hybridized carbons (Fsp3) is 0.100. The van der Waals surface area contributed by atoms with Crippen LogP contribution >= 0.6 is 0 Å². The van der Waals surface area contributed by atoms with Crippen LogP contribution < -0.4 is 10.6 Å². The van der Waals surface area contributed by atoms with Crippen molar-refractivity contribution < 1.29 is 9.59 Å². The molecule has 15 heavy (non-hydrogen) atoms. The van der Waals surface area contributed by atoms with Gasteiger partial charge in [-0.05, 0) is 18.2 Å². The predicted octanol–water partition coefficient (Wildman–Crippen LogP) is 0.566. The Labute approximate surface area is 87.2 Å². The van der Waals surface area contributed by atoms with Crippen molar-refractivity contribution >= 4 is 17.5 Å². The van der Waals surface area contributed by atoms with Gasteiger partial charge >= 0.3 is 0 Å². The lowest BCUT2D eigenvalue weighted by atomic mass is 10.2. The lowest BCUT2D eigenvalue weighted by molar-refractivity contribution is -0.111. The molecule has 0 bridgehead atoms. The van der Waals surface area contributed by atoms with Crippen LogP contribution in [0.1, 0.15) is 10.5 Å². The second kappa shape index (κ2) is 4.90. The summed E-state index contributed by atoms with van der Waals surface area (Å²) >= 11 is 0. The Morgan fingerprint density at radius 3 is 2.87 bits per heavy atom. The van der Waals surface area contributed by atoms with E-state index in [9.17, 15) is 9.59 Å². The maximum absolute atomic E-state index is 11.4. The molecule has 0 aliphatic heterocycles. The van der Waals surface area contributed by atoms with Crippen LogP contribution in [0.15, 0.2) is 31.0 Å². The molecule has 1 aromatic rings. The minimum absolute atomic E-state index is 0.176. The van der Waals surface area contributed by atoms with Gasteiger partial charge in [0.15, 0.2) is 5.69 Å². The third kappa shape index (κ3) is 2.63. The Balaban J connectivity index is 3.01. The highest BCUT2D eigenvalue weighted by Gasteiger charge is 2.11. The molecule has 1 rings (SSSR count). The summed E-state index contributed by atoms with van der Waals surface area (Å²) in [5.74, 6) is -0.733. The molecule has 1 heterocycles. The lowest BCUT2D eigenvalue weighted by Gasteiger charge is -2.06. The molecule has 5 heteroatoms. The first-order chi connectivity index (χ1) is 7.19. The number of hydrogen-bond donors (Lipinski definition) is 2. The zero-order chi connectivity index (χ0) is 11.3. The number of rotatable bonds is 3. The maximum atomic E-state index is 11.4. The number of nitrogens with one attached hydrogen (secondary N) is 2. The summed E-state index contributed by atoms with van der Waals surface area (Å²) in [5.41, 5.74) is 0.539. The van der Waals surface area contributed by atoms with E-state index in [4.69, 9.17) is 0 Å². The van der Waals surface area contributed by atoms with E-state index in [1.165, 1.54) is 13.2 Å². The van der Waals surface area contributed by atoms with E-state index >= 15 is 0 Å². The Morgan fingerprint density at radius 1 is 1.53 bits per heavy atom. The van der Waals surface area contributed by atoms with Crippen molar-refractivity contribution in [2.75, 3.05) is 12.4 Å². The van der Waals surface area contributed by atoms with Crippen molar-refractivity contribution in [3.8, 4) is 0 Å². The molecular weight excluding hydrogens is 194 g/mol. The van der Waals surface area contributed by atoms with Gasteiger partial charge in [0.05, 0.1) is 5.69 Å². The topological polar surface area (TPSA) is 71.1 Å². The molecule has 0 spiro atoms. The van der Waals surface area contributed by atoms with Crippen molar-refractivity contribution in [2.45, 2.75) is 0 Å². The quantitative estimate of drug-likeness (QED) is 0.708. The first-order valence-corrected chi connectivity index (χ1v) is 4.29. The fourth-order valence-electron chi connectivity index (χ4n) is 0.989. The summed E-state index contributed by atoms with van der Waals surface area (Å²) < 4.78 is 0. The second-order valence-corrected chi connectivity index (χ2v) is 2.67. The van der Waals surface area contributed by atoms with E-state index in [1.54, 1.807) is 12.1 Å². The largest absolute Gasteiger partial charge is 0.354 e. The van der Waals surface area contributed by atoms with Gasteiger partial charge in [0.2, 0.25) is 5.91 Å². The van der Waals surface area contributed by atoms with Crippen LogP contribution in [-0.4, -0.2) is 23.8 Å². The summed E-state index contributed by atoms with van der Waals surface area (Å²) in [6.45, 7) is 3.32. The molecule has 5 nitrogen and oxygen atoms in total. The average Bonchev–Trinajstić information content (AvgIpc) is 2.28. The normalized spacial score (nSPS) is 9.13. The number of aromatic nitrogens is 1. The lowest BCUT2D eigenvalue weighted by Crippen LogP contribution is -2.22. The molecule has 1 aromatic heterocycles. The third-order valence-electron chi connectivity index (χ3n) is 1.69. The summed E-state index contributed by atoms with van der Waals surface area (Å²) in [6.07, 6.45) is 2.61. The minimum atomic E-state index is -0.381. The number of anilines is 1. The van der Waals surface area contributed by atoms with Crippen LogP contribution in [0.3, 0.4) is 0 Å². The van der Waals surface area contributed by atoms with Gasteiger partial charge in [0, 0.05) is 13.2 Å². The van der Waals surface area contributed by atoms with Crippen LogP contribution in [0.5, 0.6) is 0 Å². The zero-order valence-corrected chi connectivity index (χ0v) is 8.28. The van der Waals surface area contributed by atoms with Gasteiger partial charge in [-0.15, -0.1) is 0 Å². The molecule has 2 amide bonds. The number of pyridine rings is 1. The molecule has 0 saturated heterocycles. The summed E-state index contributed by atoms with van der Waals surface area (Å²) in [5, 5.41) is 4.93. The minimum Gasteiger partial charge on any atom is -0.354 e. The summed E-state index contributed by atoms with van der Waals surface area (Å²) in [6, 6.07) is 3.23. The van der Waals surface area contributed by atoms with E-state index in [2.05, 4.69) is 22.2 Å². The third-order valence-corrected chi connectivity index (χ3v) is 1.69. The Morgan fingerprint density at radius 2 is 2.27 bits per heavy atom. The highest BCUT2D eigenvalue weighted by Crippen LogP contribution is 2.11. The Hall–Kier alpha value is -2.17. The van der Waals surface area contributed by atoms with Gasteiger partial charge in [-0.1, -0.05) is 6.58 Å². The van der Waals surface area contributed by atoms with E-state index in [0.29, 0.717) is 5.69 Å². The molecule has 0 fully saturated rings. The Bertz CT molecular complexity index is 401. The van der Waals surface area contributed by atoms with Crippen LogP contribution in [0.2, 0.25) is 0 Å². The van der Waals surface area contributed by atoms with Gasteiger partial charge in [-0.3, -0.25) is 9.59 Å². The van der Waals surface area contributed by atoms with E-state index in [0.717, 1.165) is 6.08 Å². The maximum Gasteiger partial charge on any atom is 0.271 e. The van der Waals surface area contributed by atoms with E-state index in [-0.39, 0.29) is 17.5 Å². The first kappa shape index (κ1) is 10.9. The standard InChI is InChI=1S/C10H11N3O2/c1-3-8(14)13-7-5-4-6-12-9(7)10(15)11-2/h3-6H,1H2,2H3,(H,11,15)(H,13,14). The van der Waals surface area contributed by atoms with Crippen molar-refractivity contribution in [1.82, 2.24) is 10.3 Å². The van der Waals surface area contributed by atoms with Crippen LogP contribution in [0, 0.1) is 0 Å². The fourth-order valence-corrected chi connectivity index (χ4v) is 0.989. The first-order valence-electron chi connectivity index (χ1n) is 4.29. The van der Waals surface area contributed by atoms with Crippen LogP contribution in [0.4, 0.5) is 5.69 Å². The van der Waals surface area contributed by atoms with Crippen molar-refractivity contribution in [3.05, 3.63) is 36.7 Å². The molecule has 0 unspecified atom stereocenters. The molecule has 0 atom stereocenters. The van der Waals surface area contributed by atoms with Gasteiger partial charge in [-0.25, -0.2) is 4.98 Å². The number of amides is 2. The highest BCUT2D eigenvalue weighted by atomic mass is 16.2. The number of carbonyl (C=O) groups is 2. The van der Waals surface area contributed by atoms with Gasteiger partial charge in [0.25, 0.3) is 5.91 Å². The van der Waals surface area contributed by atoms with Crippen LogP contribution in [0.25, 0.3) is 0 Å². The summed E-state index contributed by atoms with van der Waals surface area (Å²) in [4.78, 5) is 26.3. The molecule has 0 saturated carbocycles. The number of nitrogens with zero attached hydrogens (tertiary/aromatic N) is 1. The number of carbonyl (C=O) groups excluding carboxylic acids is 2. The molecule has 0 aliphatic carbocycles. The van der Waals surface area contributed by atoms with E-state index < -0.39 is 0 Å². The smallest absolute Gasteiger partial charge is 0.271 e. The zero-order valence-electron chi connectivity index (χ0n) is 8.28. The predicted molar refractivity (Wildman–Crippen MR) is 56.5 cm³/mol. The van der Waals surface area contributed by atoms with Gasteiger partial charge < -0.3 is 10.6 Å². The molecule has 78 valence electrons. The molecule has 2 N–H and O–H groups in total. The molecule has 0 aromatic carbocycles. The highest BCUT2D eigenvalue weighted by molar-refractivity contribution is 6.05. The molecule has 0 radical (unpaired) electrons. The van der Waals surface area contributed by atoms with Gasteiger partial charge in [0.1, 0.15) is 0 Å². The Kier molecular flexibility index (Phi) is 3.56. The monoisotopic (exact) mass is 205 g/mol. The number of hydrogen-bond acceptors (Lipinski definition) is 3. The van der Waals surface area contributed by atoms with Crippen molar-refractivity contribution in [1.29, 1.82) is 0 Å². The average molecular weight is 205 g/mol. The molecular formula is C10H11N3O2. The van der Waals surface area contributed by atoms with Crippen molar-refractivity contribution in [3.63, 3.8) is 0 Å². The second-order valence-electron chi connectivity index (χ2n) is 2.67. The molecule has 0 aliphatic rings. The van der Waals surface area contributed by atoms with Crippen LogP contribution in [-0.2, 0) is 4.79 Å².